The maximum Gasteiger partial charge on any atom is 0.243 e. The first kappa shape index (κ1) is 20.5. The third-order valence-corrected chi connectivity index (χ3v) is 2.66. The van der Waals surface area contributed by atoms with Crippen LogP contribution in [0.5, 0.6) is 11.5 Å². The van der Waals surface area contributed by atoms with Crippen molar-refractivity contribution in [3.63, 3.8) is 0 Å². The summed E-state index contributed by atoms with van der Waals surface area (Å²) in [6.45, 7) is 0.991. The number of halogens is 1. The standard InChI is InChI=1S/C14H22N2O5.ClH/c1-18-6-7-21-13-8-10(4-5-12(13)20-3)16-14(17)11(15)9-19-2;/h4-5,8,11H,6-7,9,15H2,1-3H3,(H,16,17);1H. The SMILES string of the molecule is COCCOc1cc(NC(=O)C(N)COC)ccc1OC.Cl. The molecule has 7 nitrogen and oxygen atoms in total. The summed E-state index contributed by atoms with van der Waals surface area (Å²) < 4.78 is 20.5. The quantitative estimate of drug-likeness (QED) is 0.656. The average molecular weight is 335 g/mol. The van der Waals surface area contributed by atoms with Crippen LogP contribution in [-0.4, -0.2) is 53.1 Å². The first-order valence-corrected chi connectivity index (χ1v) is 6.47. The third kappa shape index (κ3) is 6.48. The minimum Gasteiger partial charge on any atom is -0.493 e. The Morgan fingerprint density at radius 2 is 1.91 bits per heavy atom. The summed E-state index contributed by atoms with van der Waals surface area (Å²) in [7, 11) is 4.63. The van der Waals surface area contributed by atoms with Gasteiger partial charge in [0.2, 0.25) is 5.91 Å². The van der Waals surface area contributed by atoms with E-state index in [2.05, 4.69) is 5.32 Å². The fraction of sp³-hybridized carbons (Fsp3) is 0.500. The highest BCUT2D eigenvalue weighted by molar-refractivity contribution is 5.95. The molecule has 0 bridgehead atoms. The van der Waals surface area contributed by atoms with Gasteiger partial charge >= 0.3 is 0 Å². The number of carbonyl (C=O) groups is 1. The van der Waals surface area contributed by atoms with E-state index >= 15 is 0 Å². The number of hydrogen-bond donors (Lipinski definition) is 2. The van der Waals surface area contributed by atoms with Crippen molar-refractivity contribution < 1.29 is 23.7 Å². The van der Waals surface area contributed by atoms with Crippen molar-refractivity contribution in [1.29, 1.82) is 0 Å². The second kappa shape index (κ2) is 11.1. The van der Waals surface area contributed by atoms with E-state index in [1.54, 1.807) is 32.4 Å². The summed E-state index contributed by atoms with van der Waals surface area (Å²) in [6.07, 6.45) is 0. The van der Waals surface area contributed by atoms with Crippen LogP contribution in [-0.2, 0) is 14.3 Å². The van der Waals surface area contributed by atoms with E-state index in [0.29, 0.717) is 30.4 Å². The van der Waals surface area contributed by atoms with Crippen molar-refractivity contribution in [2.24, 2.45) is 5.73 Å². The second-order valence-electron chi connectivity index (χ2n) is 4.26. The average Bonchev–Trinajstić information content (AvgIpc) is 2.48. The monoisotopic (exact) mass is 334 g/mol. The molecule has 1 rings (SSSR count). The van der Waals surface area contributed by atoms with Crippen LogP contribution < -0.4 is 20.5 Å². The van der Waals surface area contributed by atoms with Gasteiger partial charge in [-0.3, -0.25) is 4.79 Å². The molecule has 126 valence electrons. The molecular weight excluding hydrogens is 312 g/mol. The first-order chi connectivity index (χ1) is 10.1. The summed E-state index contributed by atoms with van der Waals surface area (Å²) in [4.78, 5) is 11.8. The summed E-state index contributed by atoms with van der Waals surface area (Å²) in [5.41, 5.74) is 6.23. The molecule has 0 aromatic heterocycles. The van der Waals surface area contributed by atoms with Crippen molar-refractivity contribution in [3.05, 3.63) is 18.2 Å². The van der Waals surface area contributed by atoms with Crippen molar-refractivity contribution in [2.45, 2.75) is 6.04 Å². The Labute approximate surface area is 136 Å². The Bertz CT molecular complexity index is 459. The molecule has 1 aromatic carbocycles. The molecule has 22 heavy (non-hydrogen) atoms. The normalized spacial score (nSPS) is 11.3. The molecule has 0 radical (unpaired) electrons. The molecule has 0 aliphatic carbocycles. The van der Waals surface area contributed by atoms with Crippen LogP contribution in [0.1, 0.15) is 0 Å². The lowest BCUT2D eigenvalue weighted by Gasteiger charge is -2.14. The number of hydrogen-bond acceptors (Lipinski definition) is 6. The number of nitrogens with one attached hydrogen (secondary N) is 1. The fourth-order valence-corrected chi connectivity index (χ4v) is 1.59. The van der Waals surface area contributed by atoms with Crippen molar-refractivity contribution in [3.8, 4) is 11.5 Å². The summed E-state index contributed by atoms with van der Waals surface area (Å²) >= 11 is 0. The lowest BCUT2D eigenvalue weighted by molar-refractivity contribution is -0.118. The summed E-state index contributed by atoms with van der Waals surface area (Å²) in [6, 6.07) is 4.36. The van der Waals surface area contributed by atoms with Gasteiger partial charge in [0.05, 0.1) is 20.3 Å². The topological polar surface area (TPSA) is 92.0 Å². The van der Waals surface area contributed by atoms with Gasteiger partial charge in [0, 0.05) is 26.0 Å². The highest BCUT2D eigenvalue weighted by Gasteiger charge is 2.14. The molecule has 1 aromatic rings. The van der Waals surface area contributed by atoms with E-state index in [1.807, 2.05) is 0 Å². The first-order valence-electron chi connectivity index (χ1n) is 6.47. The van der Waals surface area contributed by atoms with Gasteiger partial charge < -0.3 is 30.0 Å². The van der Waals surface area contributed by atoms with Crippen LogP contribution in [0.4, 0.5) is 5.69 Å². The van der Waals surface area contributed by atoms with E-state index in [1.165, 1.54) is 7.11 Å². The van der Waals surface area contributed by atoms with E-state index < -0.39 is 6.04 Å². The Morgan fingerprint density at radius 3 is 2.50 bits per heavy atom. The van der Waals surface area contributed by atoms with E-state index in [-0.39, 0.29) is 24.9 Å². The largest absolute Gasteiger partial charge is 0.493 e. The minimum atomic E-state index is -0.727. The zero-order chi connectivity index (χ0) is 15.7. The Kier molecular flexibility index (Phi) is 10.3. The number of rotatable bonds is 9. The molecule has 0 saturated carbocycles. The van der Waals surface area contributed by atoms with E-state index in [4.69, 9.17) is 24.7 Å². The number of benzene rings is 1. The van der Waals surface area contributed by atoms with Gasteiger partial charge in [0.1, 0.15) is 12.6 Å². The maximum absolute atomic E-state index is 11.8. The van der Waals surface area contributed by atoms with Crippen LogP contribution in [0.25, 0.3) is 0 Å². The smallest absolute Gasteiger partial charge is 0.243 e. The highest BCUT2D eigenvalue weighted by Crippen LogP contribution is 2.30. The number of amides is 1. The Morgan fingerprint density at radius 1 is 1.18 bits per heavy atom. The number of carbonyl (C=O) groups excluding carboxylic acids is 1. The molecule has 0 heterocycles. The van der Waals surface area contributed by atoms with Gasteiger partial charge in [-0.2, -0.15) is 0 Å². The van der Waals surface area contributed by atoms with Gasteiger partial charge in [-0.05, 0) is 12.1 Å². The predicted octanol–water partition coefficient (Wildman–Crippen LogP) is 1.05. The van der Waals surface area contributed by atoms with E-state index in [9.17, 15) is 4.79 Å². The van der Waals surface area contributed by atoms with Crippen LogP contribution >= 0.6 is 12.4 Å². The molecule has 8 heteroatoms. The van der Waals surface area contributed by atoms with Gasteiger partial charge in [-0.1, -0.05) is 0 Å². The molecule has 0 aliphatic heterocycles. The van der Waals surface area contributed by atoms with Gasteiger partial charge in [0.25, 0.3) is 0 Å². The molecule has 0 saturated heterocycles. The van der Waals surface area contributed by atoms with E-state index in [0.717, 1.165) is 0 Å². The Balaban J connectivity index is 0.00000441. The highest BCUT2D eigenvalue weighted by atomic mass is 35.5. The summed E-state index contributed by atoms with van der Waals surface area (Å²) in [5, 5.41) is 2.70. The lowest BCUT2D eigenvalue weighted by Crippen LogP contribution is -2.39. The minimum absolute atomic E-state index is 0. The van der Waals surface area contributed by atoms with Crippen molar-refractivity contribution in [2.75, 3.05) is 46.5 Å². The van der Waals surface area contributed by atoms with Gasteiger partial charge in [0.15, 0.2) is 11.5 Å². The summed E-state index contributed by atoms with van der Waals surface area (Å²) in [5.74, 6) is 0.766. The molecule has 3 N–H and O–H groups in total. The van der Waals surface area contributed by atoms with Crippen molar-refractivity contribution >= 4 is 24.0 Å². The number of nitrogens with two attached hydrogens (primary N) is 1. The third-order valence-electron chi connectivity index (χ3n) is 2.66. The number of methoxy groups -OCH3 is 3. The van der Waals surface area contributed by atoms with Crippen LogP contribution in [0.15, 0.2) is 18.2 Å². The zero-order valence-corrected chi connectivity index (χ0v) is 13.8. The second-order valence-corrected chi connectivity index (χ2v) is 4.26. The molecule has 1 unspecified atom stereocenters. The molecule has 0 spiro atoms. The van der Waals surface area contributed by atoms with Crippen LogP contribution in [0.2, 0.25) is 0 Å². The molecular formula is C14H23ClN2O5. The molecule has 1 atom stereocenters. The van der Waals surface area contributed by atoms with Gasteiger partial charge in [-0.15, -0.1) is 12.4 Å². The molecule has 0 aliphatic rings. The predicted molar refractivity (Wildman–Crippen MR) is 86.1 cm³/mol. The van der Waals surface area contributed by atoms with Crippen LogP contribution in [0.3, 0.4) is 0 Å². The van der Waals surface area contributed by atoms with Crippen LogP contribution in [0, 0.1) is 0 Å². The lowest BCUT2D eigenvalue weighted by atomic mass is 10.2. The number of anilines is 1. The maximum atomic E-state index is 11.8. The van der Waals surface area contributed by atoms with Crippen molar-refractivity contribution in [1.82, 2.24) is 0 Å². The van der Waals surface area contributed by atoms with Gasteiger partial charge in [-0.25, -0.2) is 0 Å². The molecule has 1 amide bonds. The fourth-order valence-electron chi connectivity index (χ4n) is 1.59. The zero-order valence-electron chi connectivity index (χ0n) is 13.0. The Hall–Kier alpha value is -1.54. The molecule has 0 fully saturated rings. The number of ether oxygens (including phenoxy) is 4.